The molecule has 0 radical (unpaired) electrons. The molecule has 1 fully saturated rings. The Bertz CT molecular complexity index is 471. The molecule has 0 spiro atoms. The molecule has 0 bridgehead atoms. The van der Waals surface area contributed by atoms with Gasteiger partial charge in [0.15, 0.2) is 0 Å². The largest absolute Gasteiger partial charge is 0.489 e. The molecule has 0 aliphatic heterocycles. The molecule has 2 rings (SSSR count). The number of ether oxygens (including phenoxy) is 1. The van der Waals surface area contributed by atoms with Crippen molar-refractivity contribution in [1.29, 1.82) is 0 Å². The first kappa shape index (κ1) is 16.1. The highest BCUT2D eigenvalue weighted by molar-refractivity contribution is 5.31. The summed E-state index contributed by atoms with van der Waals surface area (Å²) in [6.07, 6.45) is -1.05. The molecule has 1 unspecified atom stereocenters. The van der Waals surface area contributed by atoms with Crippen LogP contribution in [0.4, 0.5) is 17.6 Å². The standard InChI is InChI=1S/C15H19F4NO/c1-2-3-12(9-20-10-4-5-10)21-11-6-7-14(16)13(8-11)15(17,18)19/h6-8,10,12,20H,2-5,9H2,1H3. The van der Waals surface area contributed by atoms with E-state index in [-0.39, 0.29) is 11.9 Å². The molecule has 0 aromatic heterocycles. The van der Waals surface area contributed by atoms with Crippen LogP contribution in [0, 0.1) is 5.82 Å². The first-order valence-corrected chi connectivity index (χ1v) is 7.17. The van der Waals surface area contributed by atoms with Crippen LogP contribution < -0.4 is 10.1 Å². The minimum atomic E-state index is -4.71. The Morgan fingerprint density at radius 2 is 2.05 bits per heavy atom. The fourth-order valence-electron chi connectivity index (χ4n) is 2.10. The molecule has 0 saturated heterocycles. The Hall–Kier alpha value is -1.30. The normalized spacial score (nSPS) is 16.8. The maximum Gasteiger partial charge on any atom is 0.419 e. The summed E-state index contributed by atoms with van der Waals surface area (Å²) in [7, 11) is 0. The molecule has 2 nitrogen and oxygen atoms in total. The quantitative estimate of drug-likeness (QED) is 0.764. The molecule has 1 saturated carbocycles. The van der Waals surface area contributed by atoms with E-state index >= 15 is 0 Å². The van der Waals surface area contributed by atoms with Crippen molar-refractivity contribution < 1.29 is 22.3 Å². The van der Waals surface area contributed by atoms with E-state index in [2.05, 4.69) is 5.32 Å². The molecule has 21 heavy (non-hydrogen) atoms. The number of benzene rings is 1. The van der Waals surface area contributed by atoms with Gasteiger partial charge < -0.3 is 10.1 Å². The smallest absolute Gasteiger partial charge is 0.419 e. The van der Waals surface area contributed by atoms with E-state index in [1.165, 1.54) is 6.07 Å². The van der Waals surface area contributed by atoms with Gasteiger partial charge in [-0.25, -0.2) is 4.39 Å². The van der Waals surface area contributed by atoms with Crippen LogP contribution in [-0.2, 0) is 6.18 Å². The number of alkyl halides is 3. The summed E-state index contributed by atoms with van der Waals surface area (Å²) >= 11 is 0. The zero-order chi connectivity index (χ0) is 15.5. The lowest BCUT2D eigenvalue weighted by Crippen LogP contribution is -2.32. The summed E-state index contributed by atoms with van der Waals surface area (Å²) < 4.78 is 56.8. The highest BCUT2D eigenvalue weighted by Gasteiger charge is 2.34. The molecule has 0 heterocycles. The first-order valence-electron chi connectivity index (χ1n) is 7.17. The SMILES string of the molecule is CCCC(CNC1CC1)Oc1ccc(F)c(C(F)(F)F)c1. The van der Waals surface area contributed by atoms with Crippen molar-refractivity contribution in [2.75, 3.05) is 6.54 Å². The second-order valence-electron chi connectivity index (χ2n) is 5.35. The van der Waals surface area contributed by atoms with Crippen LogP contribution in [0.1, 0.15) is 38.2 Å². The van der Waals surface area contributed by atoms with Crippen molar-refractivity contribution in [3.63, 3.8) is 0 Å². The van der Waals surface area contributed by atoms with Gasteiger partial charge in [0.25, 0.3) is 0 Å². The molecular formula is C15H19F4NO. The molecule has 6 heteroatoms. The van der Waals surface area contributed by atoms with Gasteiger partial charge in [0.1, 0.15) is 17.7 Å². The van der Waals surface area contributed by atoms with Crippen LogP contribution in [-0.4, -0.2) is 18.7 Å². The summed E-state index contributed by atoms with van der Waals surface area (Å²) in [5.74, 6) is -1.22. The second-order valence-corrected chi connectivity index (χ2v) is 5.35. The van der Waals surface area contributed by atoms with Gasteiger partial charge in [-0.05, 0) is 37.5 Å². The second kappa shape index (κ2) is 6.64. The van der Waals surface area contributed by atoms with Crippen molar-refractivity contribution in [3.8, 4) is 5.75 Å². The zero-order valence-corrected chi connectivity index (χ0v) is 11.8. The average molecular weight is 305 g/mol. The maximum absolute atomic E-state index is 13.2. The molecule has 1 aromatic carbocycles. The summed E-state index contributed by atoms with van der Waals surface area (Å²) in [5, 5.41) is 3.30. The maximum atomic E-state index is 13.2. The van der Waals surface area contributed by atoms with E-state index in [1.54, 1.807) is 0 Å². The van der Waals surface area contributed by atoms with Gasteiger partial charge in [-0.3, -0.25) is 0 Å². The predicted molar refractivity (Wildman–Crippen MR) is 71.8 cm³/mol. The molecular weight excluding hydrogens is 286 g/mol. The highest BCUT2D eigenvalue weighted by atomic mass is 19.4. The monoisotopic (exact) mass is 305 g/mol. The Labute approximate surface area is 121 Å². The van der Waals surface area contributed by atoms with Crippen LogP contribution >= 0.6 is 0 Å². The van der Waals surface area contributed by atoms with E-state index in [9.17, 15) is 17.6 Å². The molecule has 0 amide bonds. The predicted octanol–water partition coefficient (Wildman–Crippen LogP) is 4.14. The lowest BCUT2D eigenvalue weighted by atomic mass is 10.1. The topological polar surface area (TPSA) is 21.3 Å². The Kier molecular flexibility index (Phi) is 5.08. The van der Waals surface area contributed by atoms with Gasteiger partial charge in [-0.2, -0.15) is 13.2 Å². The molecule has 1 atom stereocenters. The third kappa shape index (κ3) is 4.88. The van der Waals surface area contributed by atoms with Gasteiger partial charge in [-0.1, -0.05) is 13.3 Å². The number of hydrogen-bond acceptors (Lipinski definition) is 2. The highest BCUT2D eigenvalue weighted by Crippen LogP contribution is 2.34. The van der Waals surface area contributed by atoms with Crippen molar-refractivity contribution in [2.24, 2.45) is 0 Å². The number of rotatable bonds is 7. The van der Waals surface area contributed by atoms with E-state index < -0.39 is 17.6 Å². The van der Waals surface area contributed by atoms with Crippen LogP contribution in [0.2, 0.25) is 0 Å². The van der Waals surface area contributed by atoms with Gasteiger partial charge >= 0.3 is 6.18 Å². The van der Waals surface area contributed by atoms with Crippen molar-refractivity contribution in [1.82, 2.24) is 5.32 Å². The fourth-order valence-corrected chi connectivity index (χ4v) is 2.10. The molecule has 1 aliphatic carbocycles. The van der Waals surface area contributed by atoms with Gasteiger partial charge in [0.05, 0.1) is 5.56 Å². The average Bonchev–Trinajstić information content (AvgIpc) is 3.21. The zero-order valence-electron chi connectivity index (χ0n) is 11.8. The molecule has 118 valence electrons. The lowest BCUT2D eigenvalue weighted by Gasteiger charge is -2.20. The fraction of sp³-hybridized carbons (Fsp3) is 0.600. The number of halogens is 4. The van der Waals surface area contributed by atoms with E-state index in [1.807, 2.05) is 6.92 Å². The summed E-state index contributed by atoms with van der Waals surface area (Å²) in [5.41, 5.74) is -1.29. The van der Waals surface area contributed by atoms with Crippen molar-refractivity contribution in [2.45, 2.75) is 50.9 Å². The van der Waals surface area contributed by atoms with E-state index in [4.69, 9.17) is 4.74 Å². The third-order valence-electron chi connectivity index (χ3n) is 3.37. The lowest BCUT2D eigenvalue weighted by molar-refractivity contribution is -0.140. The van der Waals surface area contributed by atoms with Crippen LogP contribution in [0.3, 0.4) is 0 Å². The molecule has 1 N–H and O–H groups in total. The van der Waals surface area contributed by atoms with Gasteiger partial charge in [0, 0.05) is 12.6 Å². The Morgan fingerprint density at radius 3 is 2.62 bits per heavy atom. The first-order chi connectivity index (χ1) is 9.90. The van der Waals surface area contributed by atoms with Crippen molar-refractivity contribution in [3.05, 3.63) is 29.6 Å². The Balaban J connectivity index is 2.04. The van der Waals surface area contributed by atoms with Crippen LogP contribution in [0.25, 0.3) is 0 Å². The number of nitrogens with one attached hydrogen (secondary N) is 1. The van der Waals surface area contributed by atoms with Crippen LogP contribution in [0.5, 0.6) is 5.75 Å². The summed E-state index contributed by atoms with van der Waals surface area (Å²) in [4.78, 5) is 0. The third-order valence-corrected chi connectivity index (χ3v) is 3.37. The van der Waals surface area contributed by atoms with Gasteiger partial charge in [-0.15, -0.1) is 0 Å². The minimum Gasteiger partial charge on any atom is -0.489 e. The van der Waals surface area contributed by atoms with Gasteiger partial charge in [0.2, 0.25) is 0 Å². The summed E-state index contributed by atoms with van der Waals surface area (Å²) in [6, 6.07) is 3.28. The molecule has 1 aliphatic rings. The van der Waals surface area contributed by atoms with E-state index in [0.29, 0.717) is 12.6 Å². The Morgan fingerprint density at radius 1 is 1.33 bits per heavy atom. The van der Waals surface area contributed by atoms with Crippen LogP contribution in [0.15, 0.2) is 18.2 Å². The summed E-state index contributed by atoms with van der Waals surface area (Å²) in [6.45, 7) is 2.58. The van der Waals surface area contributed by atoms with Crippen molar-refractivity contribution >= 4 is 0 Å². The number of hydrogen-bond donors (Lipinski definition) is 1. The minimum absolute atomic E-state index is 0.0553. The molecule has 1 aromatic rings. The van der Waals surface area contributed by atoms with E-state index in [0.717, 1.165) is 37.8 Å².